The second kappa shape index (κ2) is 9.85. The van der Waals surface area contributed by atoms with Crippen LogP contribution in [-0.4, -0.2) is 25.1 Å². The summed E-state index contributed by atoms with van der Waals surface area (Å²) >= 11 is 0. The summed E-state index contributed by atoms with van der Waals surface area (Å²) in [6.45, 7) is 5.19. The molecule has 0 spiro atoms. The van der Waals surface area contributed by atoms with Crippen molar-refractivity contribution in [3.8, 4) is 0 Å². The third-order valence-electron chi connectivity index (χ3n) is 3.32. The first-order valence-corrected chi connectivity index (χ1v) is 7.06. The van der Waals surface area contributed by atoms with E-state index >= 15 is 0 Å². The zero-order chi connectivity index (χ0) is 13.3. The SMILES string of the molecule is C=CCNC(=NCCc1ccco1)NC1CCCC1.I. The lowest BCUT2D eigenvalue weighted by molar-refractivity contribution is 0.510. The topological polar surface area (TPSA) is 49.6 Å². The van der Waals surface area contributed by atoms with E-state index in [2.05, 4.69) is 22.2 Å². The van der Waals surface area contributed by atoms with Crippen LogP contribution in [0.15, 0.2) is 40.5 Å². The molecule has 1 aromatic rings. The number of furan rings is 1. The highest BCUT2D eigenvalue weighted by molar-refractivity contribution is 14.0. The van der Waals surface area contributed by atoms with Crippen LogP contribution in [0.1, 0.15) is 31.4 Å². The molecule has 0 saturated heterocycles. The first kappa shape index (κ1) is 17.1. The molecule has 1 saturated carbocycles. The molecule has 0 atom stereocenters. The minimum absolute atomic E-state index is 0. The summed E-state index contributed by atoms with van der Waals surface area (Å²) in [4.78, 5) is 4.59. The summed E-state index contributed by atoms with van der Waals surface area (Å²) in [6, 6.07) is 4.46. The van der Waals surface area contributed by atoms with Crippen molar-refractivity contribution < 1.29 is 4.42 Å². The van der Waals surface area contributed by atoms with Crippen LogP contribution in [0.4, 0.5) is 0 Å². The van der Waals surface area contributed by atoms with Crippen LogP contribution >= 0.6 is 24.0 Å². The molecule has 0 aromatic carbocycles. The van der Waals surface area contributed by atoms with Gasteiger partial charge in [-0.1, -0.05) is 18.9 Å². The molecule has 1 heterocycles. The van der Waals surface area contributed by atoms with Gasteiger partial charge in [-0.2, -0.15) is 0 Å². The average molecular weight is 389 g/mol. The van der Waals surface area contributed by atoms with Crippen molar-refractivity contribution in [1.29, 1.82) is 0 Å². The fourth-order valence-electron chi connectivity index (χ4n) is 2.32. The van der Waals surface area contributed by atoms with Crippen molar-refractivity contribution in [2.24, 2.45) is 4.99 Å². The molecule has 0 amide bonds. The van der Waals surface area contributed by atoms with Gasteiger partial charge in [0.15, 0.2) is 5.96 Å². The standard InChI is InChI=1S/C15H23N3O.HI/c1-2-10-16-15(18-13-6-3-4-7-13)17-11-9-14-8-5-12-19-14;/h2,5,8,12-13H,1,3-4,6-7,9-11H2,(H2,16,17,18);1H. The molecule has 112 valence electrons. The van der Waals surface area contributed by atoms with Gasteiger partial charge in [0.1, 0.15) is 5.76 Å². The van der Waals surface area contributed by atoms with E-state index in [1.165, 1.54) is 25.7 Å². The Morgan fingerprint density at radius 1 is 1.45 bits per heavy atom. The first-order valence-electron chi connectivity index (χ1n) is 7.06. The Kier molecular flexibility index (Phi) is 8.41. The molecule has 1 aliphatic rings. The number of nitrogens with zero attached hydrogens (tertiary/aromatic N) is 1. The van der Waals surface area contributed by atoms with Gasteiger partial charge in [-0.15, -0.1) is 30.6 Å². The highest BCUT2D eigenvalue weighted by Gasteiger charge is 2.15. The summed E-state index contributed by atoms with van der Waals surface area (Å²) in [7, 11) is 0. The molecule has 0 bridgehead atoms. The van der Waals surface area contributed by atoms with Crippen LogP contribution in [0.25, 0.3) is 0 Å². The number of halogens is 1. The Balaban J connectivity index is 0.00000200. The Hall–Kier alpha value is -0.980. The first-order chi connectivity index (χ1) is 9.38. The maximum absolute atomic E-state index is 5.30. The van der Waals surface area contributed by atoms with Crippen LogP contribution in [-0.2, 0) is 6.42 Å². The van der Waals surface area contributed by atoms with Crippen LogP contribution < -0.4 is 10.6 Å². The summed E-state index contributed by atoms with van der Waals surface area (Å²) in [5.74, 6) is 1.87. The van der Waals surface area contributed by atoms with E-state index in [0.29, 0.717) is 6.04 Å². The molecule has 4 nitrogen and oxygen atoms in total. The quantitative estimate of drug-likeness (QED) is 0.340. The minimum Gasteiger partial charge on any atom is -0.469 e. The largest absolute Gasteiger partial charge is 0.469 e. The van der Waals surface area contributed by atoms with E-state index in [9.17, 15) is 0 Å². The summed E-state index contributed by atoms with van der Waals surface area (Å²) in [5.41, 5.74) is 0. The van der Waals surface area contributed by atoms with Crippen molar-refractivity contribution in [2.75, 3.05) is 13.1 Å². The van der Waals surface area contributed by atoms with E-state index < -0.39 is 0 Å². The lowest BCUT2D eigenvalue weighted by Crippen LogP contribution is -2.42. The molecular formula is C15H24IN3O. The molecule has 1 fully saturated rings. The maximum Gasteiger partial charge on any atom is 0.191 e. The third-order valence-corrected chi connectivity index (χ3v) is 3.32. The van der Waals surface area contributed by atoms with Gasteiger partial charge in [0.25, 0.3) is 0 Å². The van der Waals surface area contributed by atoms with E-state index in [0.717, 1.165) is 31.2 Å². The van der Waals surface area contributed by atoms with Gasteiger partial charge >= 0.3 is 0 Å². The van der Waals surface area contributed by atoms with Crippen molar-refractivity contribution >= 4 is 29.9 Å². The monoisotopic (exact) mass is 389 g/mol. The number of aliphatic imine (C=N–C) groups is 1. The van der Waals surface area contributed by atoms with Gasteiger partial charge in [-0.3, -0.25) is 4.99 Å². The highest BCUT2D eigenvalue weighted by Crippen LogP contribution is 2.17. The Labute approximate surface area is 138 Å². The number of hydrogen-bond donors (Lipinski definition) is 2. The number of guanidine groups is 1. The fourth-order valence-corrected chi connectivity index (χ4v) is 2.32. The highest BCUT2D eigenvalue weighted by atomic mass is 127. The lowest BCUT2D eigenvalue weighted by atomic mass is 10.2. The van der Waals surface area contributed by atoms with Gasteiger partial charge in [0.2, 0.25) is 0 Å². The van der Waals surface area contributed by atoms with E-state index in [1.54, 1.807) is 6.26 Å². The molecule has 2 N–H and O–H groups in total. The molecule has 2 rings (SSSR count). The molecule has 0 unspecified atom stereocenters. The number of rotatable bonds is 6. The summed E-state index contributed by atoms with van der Waals surface area (Å²) < 4.78 is 5.30. The van der Waals surface area contributed by atoms with Gasteiger partial charge in [0.05, 0.1) is 6.26 Å². The predicted molar refractivity (Wildman–Crippen MR) is 93.7 cm³/mol. The van der Waals surface area contributed by atoms with Gasteiger partial charge in [-0.05, 0) is 25.0 Å². The summed E-state index contributed by atoms with van der Waals surface area (Å²) in [5, 5.41) is 6.76. The van der Waals surface area contributed by atoms with Crippen molar-refractivity contribution in [1.82, 2.24) is 10.6 Å². The number of hydrogen-bond acceptors (Lipinski definition) is 2. The summed E-state index contributed by atoms with van der Waals surface area (Å²) in [6.07, 6.45) is 9.50. The fraction of sp³-hybridized carbons (Fsp3) is 0.533. The van der Waals surface area contributed by atoms with Crippen LogP contribution in [0, 0.1) is 0 Å². The maximum atomic E-state index is 5.30. The minimum atomic E-state index is 0. The average Bonchev–Trinajstić information content (AvgIpc) is 3.08. The van der Waals surface area contributed by atoms with Crippen LogP contribution in [0.5, 0.6) is 0 Å². The van der Waals surface area contributed by atoms with E-state index in [1.807, 2.05) is 18.2 Å². The molecule has 0 radical (unpaired) electrons. The Bertz CT molecular complexity index is 397. The van der Waals surface area contributed by atoms with Gasteiger partial charge < -0.3 is 15.1 Å². The molecule has 0 aliphatic heterocycles. The molecule has 1 aromatic heterocycles. The molecule has 1 aliphatic carbocycles. The van der Waals surface area contributed by atoms with Gasteiger partial charge in [0, 0.05) is 25.6 Å². The lowest BCUT2D eigenvalue weighted by Gasteiger charge is -2.16. The normalized spacial score (nSPS) is 15.7. The second-order valence-electron chi connectivity index (χ2n) is 4.85. The van der Waals surface area contributed by atoms with E-state index in [4.69, 9.17) is 4.42 Å². The molecule has 20 heavy (non-hydrogen) atoms. The van der Waals surface area contributed by atoms with Crippen molar-refractivity contribution in [3.63, 3.8) is 0 Å². The van der Waals surface area contributed by atoms with Crippen LogP contribution in [0.3, 0.4) is 0 Å². The van der Waals surface area contributed by atoms with E-state index in [-0.39, 0.29) is 24.0 Å². The zero-order valence-corrected chi connectivity index (χ0v) is 14.1. The Morgan fingerprint density at radius 3 is 2.90 bits per heavy atom. The zero-order valence-electron chi connectivity index (χ0n) is 11.8. The van der Waals surface area contributed by atoms with Crippen molar-refractivity contribution in [2.45, 2.75) is 38.1 Å². The number of nitrogens with one attached hydrogen (secondary N) is 2. The predicted octanol–water partition coefficient (Wildman–Crippen LogP) is 3.10. The Morgan fingerprint density at radius 2 is 2.25 bits per heavy atom. The van der Waals surface area contributed by atoms with Crippen LogP contribution in [0.2, 0.25) is 0 Å². The smallest absolute Gasteiger partial charge is 0.191 e. The van der Waals surface area contributed by atoms with Crippen molar-refractivity contribution in [3.05, 3.63) is 36.8 Å². The second-order valence-corrected chi connectivity index (χ2v) is 4.85. The third kappa shape index (κ3) is 5.98. The molecular weight excluding hydrogens is 365 g/mol. The molecule has 5 heteroatoms. The van der Waals surface area contributed by atoms with Gasteiger partial charge in [-0.25, -0.2) is 0 Å².